The van der Waals surface area contributed by atoms with E-state index in [9.17, 15) is 9.59 Å². The molecule has 0 heterocycles. The van der Waals surface area contributed by atoms with Crippen LogP contribution in [0.3, 0.4) is 0 Å². The van der Waals surface area contributed by atoms with Gasteiger partial charge in [0.25, 0.3) is 11.8 Å². The van der Waals surface area contributed by atoms with Gasteiger partial charge < -0.3 is 9.47 Å². The highest BCUT2D eigenvalue weighted by molar-refractivity contribution is 5.86. The zero-order valence-corrected chi connectivity index (χ0v) is 23.8. The molecule has 0 unspecified atom stereocenters. The third kappa shape index (κ3) is 8.99. The monoisotopic (exact) mass is 582 g/mol. The van der Waals surface area contributed by atoms with E-state index in [4.69, 9.17) is 9.47 Å². The summed E-state index contributed by atoms with van der Waals surface area (Å²) in [5.74, 6) is 0.444. The summed E-state index contributed by atoms with van der Waals surface area (Å²) in [5.41, 5.74) is 10.8. The zero-order valence-electron chi connectivity index (χ0n) is 23.8. The van der Waals surface area contributed by atoms with Gasteiger partial charge in [-0.2, -0.15) is 10.2 Å². The molecule has 0 fully saturated rings. The molecule has 5 aromatic carbocycles. The summed E-state index contributed by atoms with van der Waals surface area (Å²) in [7, 11) is 0. The number of carbonyl (C=O) groups excluding carboxylic acids is 2. The van der Waals surface area contributed by atoms with Crippen LogP contribution in [0.15, 0.2) is 144 Å². The second-order valence-corrected chi connectivity index (χ2v) is 9.61. The van der Waals surface area contributed by atoms with E-state index in [-0.39, 0.29) is 25.0 Å². The van der Waals surface area contributed by atoms with Gasteiger partial charge in [-0.05, 0) is 57.6 Å². The highest BCUT2D eigenvalue weighted by Crippen LogP contribution is 2.23. The Morgan fingerprint density at radius 2 is 0.818 bits per heavy atom. The molecular formula is C36H30N4O4. The van der Waals surface area contributed by atoms with Gasteiger partial charge in [-0.25, -0.2) is 10.9 Å². The van der Waals surface area contributed by atoms with Crippen molar-refractivity contribution in [2.24, 2.45) is 10.2 Å². The molecule has 0 aliphatic carbocycles. The van der Waals surface area contributed by atoms with Gasteiger partial charge in [0.2, 0.25) is 0 Å². The molecule has 2 N–H and O–H groups in total. The van der Waals surface area contributed by atoms with Crippen LogP contribution in [0.4, 0.5) is 0 Å². The third-order valence-corrected chi connectivity index (χ3v) is 6.40. The van der Waals surface area contributed by atoms with Crippen molar-refractivity contribution in [3.05, 3.63) is 145 Å². The lowest BCUT2D eigenvalue weighted by atomic mass is 10.1. The topological polar surface area (TPSA) is 101 Å². The summed E-state index contributed by atoms with van der Waals surface area (Å²) in [5, 5.41) is 7.96. The minimum Gasteiger partial charge on any atom is -0.484 e. The van der Waals surface area contributed by atoms with Gasteiger partial charge in [-0.1, -0.05) is 109 Å². The molecule has 0 bridgehead atoms. The lowest BCUT2D eigenvalue weighted by Crippen LogP contribution is -2.24. The maximum atomic E-state index is 12.1. The fraction of sp³-hybridized carbons (Fsp3) is 0.0556. The van der Waals surface area contributed by atoms with Crippen LogP contribution in [0.1, 0.15) is 11.1 Å². The van der Waals surface area contributed by atoms with Gasteiger partial charge in [0.05, 0.1) is 12.4 Å². The van der Waals surface area contributed by atoms with Crippen LogP contribution in [0.2, 0.25) is 0 Å². The fourth-order valence-corrected chi connectivity index (χ4v) is 4.14. The Labute approximate surface area is 255 Å². The fourth-order valence-electron chi connectivity index (χ4n) is 4.14. The predicted octanol–water partition coefficient (Wildman–Crippen LogP) is 6.08. The molecule has 0 atom stereocenters. The molecular weight excluding hydrogens is 552 g/mol. The number of nitrogens with zero attached hydrogens (tertiary/aromatic N) is 2. The Bertz CT molecular complexity index is 1570. The van der Waals surface area contributed by atoms with Crippen LogP contribution >= 0.6 is 0 Å². The van der Waals surface area contributed by atoms with Gasteiger partial charge in [0.1, 0.15) is 11.5 Å². The average Bonchev–Trinajstić information content (AvgIpc) is 3.08. The minimum atomic E-state index is -0.374. The van der Waals surface area contributed by atoms with E-state index in [1.807, 2.05) is 133 Å². The molecule has 218 valence electrons. The van der Waals surface area contributed by atoms with E-state index in [0.717, 1.165) is 33.4 Å². The average molecular weight is 583 g/mol. The summed E-state index contributed by atoms with van der Waals surface area (Å²) in [6, 6.07) is 42.4. The molecule has 8 nitrogen and oxygen atoms in total. The number of hydrazone groups is 2. The Hall–Kier alpha value is -6.02. The molecule has 0 saturated heterocycles. The standard InChI is InChI=1S/C36H30N4O4/c41-35(25-43-33-19-15-31(16-20-33)29-7-3-1-4-8-29)39-37-23-27-11-13-28(14-12-27)24-38-40-36(42)26-44-34-21-17-32(18-22-34)30-9-5-2-6-10-30/h1-24H,25-26H2,(H,39,41)(H,40,42)/b37-23-,38-24-. The number of hydrogen-bond donors (Lipinski definition) is 2. The lowest BCUT2D eigenvalue weighted by molar-refractivity contribution is -0.123. The van der Waals surface area contributed by atoms with Crippen LogP contribution in [0.5, 0.6) is 11.5 Å². The summed E-state index contributed by atoms with van der Waals surface area (Å²) >= 11 is 0. The van der Waals surface area contributed by atoms with E-state index < -0.39 is 0 Å². The van der Waals surface area contributed by atoms with Crippen LogP contribution in [-0.4, -0.2) is 37.5 Å². The van der Waals surface area contributed by atoms with Crippen molar-refractivity contribution in [3.63, 3.8) is 0 Å². The second-order valence-electron chi connectivity index (χ2n) is 9.61. The molecule has 0 aliphatic rings. The molecule has 5 aromatic rings. The van der Waals surface area contributed by atoms with Gasteiger partial charge in [-0.15, -0.1) is 0 Å². The van der Waals surface area contributed by atoms with Crippen molar-refractivity contribution in [2.45, 2.75) is 0 Å². The summed E-state index contributed by atoms with van der Waals surface area (Å²) in [4.78, 5) is 24.2. The van der Waals surface area contributed by atoms with E-state index >= 15 is 0 Å². The van der Waals surface area contributed by atoms with Gasteiger partial charge >= 0.3 is 0 Å². The molecule has 0 saturated carbocycles. The van der Waals surface area contributed by atoms with Gasteiger partial charge in [0, 0.05) is 0 Å². The summed E-state index contributed by atoms with van der Waals surface area (Å²) in [6.45, 7) is -0.316. The number of rotatable bonds is 12. The van der Waals surface area contributed by atoms with E-state index in [1.165, 1.54) is 12.4 Å². The van der Waals surface area contributed by atoms with Crippen LogP contribution in [0, 0.1) is 0 Å². The van der Waals surface area contributed by atoms with Gasteiger partial charge in [0.15, 0.2) is 13.2 Å². The molecule has 0 radical (unpaired) electrons. The molecule has 8 heteroatoms. The normalized spacial score (nSPS) is 10.9. The van der Waals surface area contributed by atoms with Crippen LogP contribution in [-0.2, 0) is 9.59 Å². The van der Waals surface area contributed by atoms with E-state index in [1.54, 1.807) is 0 Å². The zero-order chi connectivity index (χ0) is 30.4. The van der Waals surface area contributed by atoms with Crippen molar-refractivity contribution < 1.29 is 19.1 Å². The van der Waals surface area contributed by atoms with E-state index in [2.05, 4.69) is 21.1 Å². The third-order valence-electron chi connectivity index (χ3n) is 6.40. The molecule has 44 heavy (non-hydrogen) atoms. The number of hydrogen-bond acceptors (Lipinski definition) is 6. The first-order valence-electron chi connectivity index (χ1n) is 13.9. The van der Waals surface area contributed by atoms with Crippen molar-refractivity contribution in [1.82, 2.24) is 10.9 Å². The highest BCUT2D eigenvalue weighted by Gasteiger charge is 2.04. The number of nitrogens with one attached hydrogen (secondary N) is 2. The molecule has 0 aliphatic heterocycles. The van der Waals surface area contributed by atoms with Crippen LogP contribution in [0.25, 0.3) is 22.3 Å². The Morgan fingerprint density at radius 1 is 0.477 bits per heavy atom. The Morgan fingerprint density at radius 3 is 1.18 bits per heavy atom. The van der Waals surface area contributed by atoms with Crippen molar-refractivity contribution in [2.75, 3.05) is 13.2 Å². The number of benzene rings is 5. The molecule has 0 aromatic heterocycles. The number of amides is 2. The molecule has 0 spiro atoms. The van der Waals surface area contributed by atoms with Crippen molar-refractivity contribution in [1.29, 1.82) is 0 Å². The number of ether oxygens (including phenoxy) is 2. The first-order valence-corrected chi connectivity index (χ1v) is 13.9. The molecule has 2 amide bonds. The minimum absolute atomic E-state index is 0.158. The second kappa shape index (κ2) is 15.3. The van der Waals surface area contributed by atoms with Gasteiger partial charge in [-0.3, -0.25) is 9.59 Å². The highest BCUT2D eigenvalue weighted by atomic mass is 16.5. The maximum absolute atomic E-state index is 12.1. The molecule has 5 rings (SSSR count). The number of carbonyl (C=O) groups is 2. The first-order chi connectivity index (χ1) is 21.6. The lowest BCUT2D eigenvalue weighted by Gasteiger charge is -2.07. The predicted molar refractivity (Wildman–Crippen MR) is 173 cm³/mol. The largest absolute Gasteiger partial charge is 0.484 e. The quantitative estimate of drug-likeness (QED) is 0.138. The smallest absolute Gasteiger partial charge is 0.277 e. The maximum Gasteiger partial charge on any atom is 0.277 e. The SMILES string of the molecule is O=C(COc1ccc(-c2ccccc2)cc1)N/N=C\c1ccc(/C=N\NC(=O)COc2ccc(-c3ccccc3)cc2)cc1. The Balaban J connectivity index is 0.990. The van der Waals surface area contributed by atoms with E-state index in [0.29, 0.717) is 11.5 Å². The van der Waals surface area contributed by atoms with Crippen molar-refractivity contribution in [3.8, 4) is 33.8 Å². The summed E-state index contributed by atoms with van der Waals surface area (Å²) in [6.07, 6.45) is 3.05. The van der Waals surface area contributed by atoms with Crippen LogP contribution < -0.4 is 20.3 Å². The first kappa shape index (κ1) is 29.5. The Kier molecular flexibility index (Phi) is 10.2. The van der Waals surface area contributed by atoms with Crippen molar-refractivity contribution >= 4 is 24.2 Å². The summed E-state index contributed by atoms with van der Waals surface area (Å²) < 4.78 is 11.1.